The molecule has 0 unspecified atom stereocenters. The molecule has 0 heterocycles. The molecule has 0 bridgehead atoms. The molecule has 1 aromatic carbocycles. The van der Waals surface area contributed by atoms with E-state index in [0.29, 0.717) is 6.42 Å². The van der Waals surface area contributed by atoms with Gasteiger partial charge in [-0.1, -0.05) is 54.8 Å². The molecule has 0 saturated carbocycles. The number of carbonyl (C=O) groups excluding carboxylic acids is 1. The second-order valence-electron chi connectivity index (χ2n) is 4.99. The number of hydrogen-bond acceptors (Lipinski definition) is 1. The Morgan fingerprint density at radius 3 is 2.48 bits per heavy atom. The Hall–Kier alpha value is -1.95. The van der Waals surface area contributed by atoms with Crippen LogP contribution in [0.5, 0.6) is 0 Å². The Bertz CT molecular complexity index is 535. The van der Waals surface area contributed by atoms with Gasteiger partial charge in [-0.2, -0.15) is 8.78 Å². The van der Waals surface area contributed by atoms with Crippen LogP contribution in [-0.2, 0) is 0 Å². The van der Waals surface area contributed by atoms with E-state index in [1.807, 2.05) is 26.0 Å². The normalized spacial score (nSPS) is 13.1. The van der Waals surface area contributed by atoms with E-state index in [4.69, 9.17) is 6.42 Å². The Morgan fingerprint density at radius 1 is 1.33 bits per heavy atom. The zero-order valence-electron chi connectivity index (χ0n) is 12.4. The van der Waals surface area contributed by atoms with Gasteiger partial charge in [0.05, 0.1) is 5.92 Å². The summed E-state index contributed by atoms with van der Waals surface area (Å²) < 4.78 is 28.5. The first-order chi connectivity index (χ1) is 9.93. The number of terminal acetylenes is 1. The molecule has 1 nitrogen and oxygen atoms in total. The van der Waals surface area contributed by atoms with Crippen LogP contribution in [0.1, 0.15) is 42.1 Å². The average Bonchev–Trinajstić information content (AvgIpc) is 2.47. The van der Waals surface area contributed by atoms with Gasteiger partial charge in [-0.15, -0.1) is 6.42 Å². The molecule has 0 spiro atoms. The minimum atomic E-state index is -3.54. The van der Waals surface area contributed by atoms with E-state index < -0.39 is 17.6 Å². The minimum absolute atomic E-state index is 0.00468. The van der Waals surface area contributed by atoms with Crippen LogP contribution in [-0.4, -0.2) is 11.7 Å². The molecule has 3 heteroatoms. The van der Waals surface area contributed by atoms with E-state index >= 15 is 0 Å². The Balaban J connectivity index is 2.85. The number of hydrogen-bond donors (Lipinski definition) is 0. The van der Waals surface area contributed by atoms with E-state index in [2.05, 4.69) is 5.92 Å². The molecule has 0 aliphatic carbocycles. The van der Waals surface area contributed by atoms with Crippen molar-refractivity contribution in [2.45, 2.75) is 39.0 Å². The monoisotopic (exact) mass is 290 g/mol. The van der Waals surface area contributed by atoms with Crippen LogP contribution in [0.4, 0.5) is 8.78 Å². The Labute approximate surface area is 125 Å². The summed E-state index contributed by atoms with van der Waals surface area (Å²) in [6.07, 6.45) is 10.3. The summed E-state index contributed by atoms with van der Waals surface area (Å²) in [5, 5.41) is 0. The smallest absolute Gasteiger partial charge is 0.287 e. The summed E-state index contributed by atoms with van der Waals surface area (Å²) in [6, 6.07) is 6.10. The van der Waals surface area contributed by atoms with Crippen molar-refractivity contribution in [1.82, 2.24) is 0 Å². The van der Waals surface area contributed by atoms with Gasteiger partial charge < -0.3 is 0 Å². The van der Waals surface area contributed by atoms with Gasteiger partial charge in [-0.3, -0.25) is 4.79 Å². The van der Waals surface area contributed by atoms with Gasteiger partial charge in [-0.25, -0.2) is 0 Å². The number of allylic oxidation sites excluding steroid dienone is 2. The van der Waals surface area contributed by atoms with Crippen LogP contribution in [0.2, 0.25) is 0 Å². The fourth-order valence-corrected chi connectivity index (χ4v) is 1.97. The summed E-state index contributed by atoms with van der Waals surface area (Å²) >= 11 is 0. The van der Waals surface area contributed by atoms with Gasteiger partial charge in [-0.05, 0) is 26.2 Å². The van der Waals surface area contributed by atoms with E-state index in [-0.39, 0.29) is 12.0 Å². The second-order valence-corrected chi connectivity index (χ2v) is 4.99. The summed E-state index contributed by atoms with van der Waals surface area (Å²) in [6.45, 7) is 3.79. The van der Waals surface area contributed by atoms with Crippen molar-refractivity contribution in [3.8, 4) is 12.3 Å². The molecular formula is C18H20F2O. The molecule has 112 valence electrons. The average molecular weight is 290 g/mol. The fraction of sp³-hybridized carbons (Fsp3) is 0.389. The van der Waals surface area contributed by atoms with Crippen molar-refractivity contribution in [3.05, 3.63) is 47.5 Å². The van der Waals surface area contributed by atoms with E-state index in [1.54, 1.807) is 12.1 Å². The maximum Gasteiger partial charge on any atom is 0.323 e. The zero-order chi connectivity index (χ0) is 15.9. The second kappa shape index (κ2) is 7.73. The molecule has 1 rings (SSSR count). The van der Waals surface area contributed by atoms with E-state index in [9.17, 15) is 13.6 Å². The quantitative estimate of drug-likeness (QED) is 0.400. The van der Waals surface area contributed by atoms with Crippen LogP contribution in [0.15, 0.2) is 36.4 Å². The predicted molar refractivity (Wildman–Crippen MR) is 81.4 cm³/mol. The first kappa shape index (κ1) is 17.1. The fourth-order valence-electron chi connectivity index (χ4n) is 1.97. The number of benzene rings is 1. The van der Waals surface area contributed by atoms with Gasteiger partial charge in [0.15, 0.2) is 0 Å². The molecular weight excluding hydrogens is 270 g/mol. The number of rotatable bonds is 7. The maximum atomic E-state index is 14.3. The molecule has 0 N–H and O–H groups in total. The summed E-state index contributed by atoms with van der Waals surface area (Å²) in [4.78, 5) is 12.0. The summed E-state index contributed by atoms with van der Waals surface area (Å²) in [5.41, 5.74) is 0.906. The largest absolute Gasteiger partial charge is 0.323 e. The lowest BCUT2D eigenvalue weighted by Gasteiger charge is -2.21. The first-order valence-electron chi connectivity index (χ1n) is 7.03. The molecule has 0 aromatic heterocycles. The minimum Gasteiger partial charge on any atom is -0.287 e. The van der Waals surface area contributed by atoms with E-state index in [1.165, 1.54) is 12.1 Å². The number of halogens is 2. The number of ketones is 1. The highest BCUT2D eigenvalue weighted by atomic mass is 19.3. The lowest BCUT2D eigenvalue weighted by atomic mass is 9.90. The van der Waals surface area contributed by atoms with Gasteiger partial charge in [0.1, 0.15) is 0 Å². The Kier molecular flexibility index (Phi) is 6.30. The highest BCUT2D eigenvalue weighted by Gasteiger charge is 2.46. The van der Waals surface area contributed by atoms with E-state index in [0.717, 1.165) is 12.0 Å². The lowest BCUT2D eigenvalue weighted by molar-refractivity contribution is -0.0164. The highest BCUT2D eigenvalue weighted by molar-refractivity contribution is 6.01. The predicted octanol–water partition coefficient (Wildman–Crippen LogP) is 4.81. The number of Topliss-reactive ketones (excluding diaryl/α,β-unsaturated/α-hetero) is 1. The SMILES string of the molecule is C#C[C@H](CC/C=C\CC)C(F)(F)C(=O)c1ccc(C)cc1. The van der Waals surface area contributed by atoms with Crippen LogP contribution in [0.3, 0.4) is 0 Å². The molecule has 0 fully saturated rings. The molecule has 0 amide bonds. The molecule has 0 aliphatic rings. The van der Waals surface area contributed by atoms with Crippen LogP contribution in [0, 0.1) is 25.2 Å². The number of alkyl halides is 2. The number of aryl methyl sites for hydroxylation is 1. The molecule has 1 atom stereocenters. The zero-order valence-corrected chi connectivity index (χ0v) is 12.4. The standard InChI is InChI=1S/C18H20F2O/c1-4-6-7-8-9-16(5-2)18(19,20)17(21)15-12-10-14(3)11-13-15/h2,6-7,10-13,16H,4,8-9H2,1,3H3/b7-6-/t16-/m1/s1. The van der Waals surface area contributed by atoms with Crippen molar-refractivity contribution < 1.29 is 13.6 Å². The molecule has 0 saturated heterocycles. The van der Waals surface area contributed by atoms with Gasteiger partial charge >= 0.3 is 5.92 Å². The third-order valence-electron chi connectivity index (χ3n) is 3.28. The van der Waals surface area contributed by atoms with Crippen molar-refractivity contribution in [2.24, 2.45) is 5.92 Å². The van der Waals surface area contributed by atoms with Crippen molar-refractivity contribution in [3.63, 3.8) is 0 Å². The third-order valence-corrected chi connectivity index (χ3v) is 3.28. The summed E-state index contributed by atoms with van der Waals surface area (Å²) in [7, 11) is 0. The van der Waals surface area contributed by atoms with Gasteiger partial charge in [0.25, 0.3) is 0 Å². The van der Waals surface area contributed by atoms with Crippen molar-refractivity contribution in [1.29, 1.82) is 0 Å². The summed E-state index contributed by atoms with van der Waals surface area (Å²) in [5.74, 6) is -4.05. The molecule has 0 aliphatic heterocycles. The molecule has 0 radical (unpaired) electrons. The van der Waals surface area contributed by atoms with Crippen LogP contribution in [0.25, 0.3) is 0 Å². The topological polar surface area (TPSA) is 17.1 Å². The molecule has 1 aromatic rings. The Morgan fingerprint density at radius 2 is 1.95 bits per heavy atom. The maximum absolute atomic E-state index is 14.3. The van der Waals surface area contributed by atoms with Crippen LogP contribution >= 0.6 is 0 Å². The lowest BCUT2D eigenvalue weighted by Crippen LogP contribution is -2.36. The van der Waals surface area contributed by atoms with Crippen molar-refractivity contribution >= 4 is 5.78 Å². The highest BCUT2D eigenvalue weighted by Crippen LogP contribution is 2.32. The first-order valence-corrected chi connectivity index (χ1v) is 7.03. The molecule has 21 heavy (non-hydrogen) atoms. The van der Waals surface area contributed by atoms with Gasteiger partial charge in [0.2, 0.25) is 5.78 Å². The number of carbonyl (C=O) groups is 1. The van der Waals surface area contributed by atoms with Gasteiger partial charge in [0, 0.05) is 5.56 Å². The third kappa shape index (κ3) is 4.53. The van der Waals surface area contributed by atoms with Crippen molar-refractivity contribution in [2.75, 3.05) is 0 Å². The van der Waals surface area contributed by atoms with Crippen LogP contribution < -0.4 is 0 Å².